The highest BCUT2D eigenvalue weighted by Gasteiger charge is 2.44. The Bertz CT molecular complexity index is 1110. The summed E-state index contributed by atoms with van der Waals surface area (Å²) in [7, 11) is -2.55. The second kappa shape index (κ2) is 8.59. The van der Waals surface area contributed by atoms with Crippen molar-refractivity contribution in [3.05, 3.63) is 52.3 Å². The third-order valence-electron chi connectivity index (χ3n) is 5.97. The highest BCUT2D eigenvalue weighted by atomic mass is 32.2. The number of aryl methyl sites for hydroxylation is 1. The molecular weight excluding hydrogens is 416 g/mol. The number of ether oxygens (including phenoxy) is 1. The molecule has 3 rings (SSSR count). The smallest absolute Gasteiger partial charge is 0.354 e. The van der Waals surface area contributed by atoms with E-state index in [4.69, 9.17) is 4.74 Å². The number of benzene rings is 1. The van der Waals surface area contributed by atoms with Crippen molar-refractivity contribution in [3.8, 4) is 0 Å². The van der Waals surface area contributed by atoms with Gasteiger partial charge in [0, 0.05) is 23.8 Å². The maximum Gasteiger partial charge on any atom is 0.354 e. The first-order valence-corrected chi connectivity index (χ1v) is 11.9. The standard InChI is InChI=1S/C23H30N2O5S/c1-7-24-16(4)20(15(3)21(24)23(27)30-6)22(26)17(5)25(18-10-11-18)31(28,29)19-12-8-14(2)9-13-19/h8-9,12-13,17-18H,7,10-11H2,1-6H3/t17-/m0/s1. The summed E-state index contributed by atoms with van der Waals surface area (Å²) in [5.41, 5.74) is 2.84. The Labute approximate surface area is 184 Å². The highest BCUT2D eigenvalue weighted by molar-refractivity contribution is 7.89. The average Bonchev–Trinajstić information content (AvgIpc) is 3.52. The summed E-state index contributed by atoms with van der Waals surface area (Å²) in [6.45, 7) is 9.39. The molecule has 0 radical (unpaired) electrons. The Balaban J connectivity index is 2.06. The number of carbonyl (C=O) groups is 2. The van der Waals surface area contributed by atoms with Gasteiger partial charge in [-0.3, -0.25) is 4.79 Å². The van der Waals surface area contributed by atoms with Gasteiger partial charge in [0.1, 0.15) is 5.69 Å². The molecule has 0 unspecified atom stereocenters. The van der Waals surface area contributed by atoms with Crippen LogP contribution in [0.5, 0.6) is 0 Å². The molecule has 1 atom stereocenters. The molecule has 1 aromatic carbocycles. The van der Waals surface area contributed by atoms with Crippen LogP contribution in [0.25, 0.3) is 0 Å². The number of hydrogen-bond donors (Lipinski definition) is 0. The van der Waals surface area contributed by atoms with E-state index in [1.807, 2.05) is 13.8 Å². The molecule has 2 aromatic rings. The van der Waals surface area contributed by atoms with E-state index in [9.17, 15) is 18.0 Å². The Morgan fingerprint density at radius 1 is 1.16 bits per heavy atom. The largest absolute Gasteiger partial charge is 0.464 e. The molecule has 8 heteroatoms. The zero-order valence-electron chi connectivity index (χ0n) is 18.9. The summed E-state index contributed by atoms with van der Waals surface area (Å²) in [6.07, 6.45) is 1.45. The maximum absolute atomic E-state index is 13.6. The Morgan fingerprint density at radius 3 is 2.23 bits per heavy atom. The summed E-state index contributed by atoms with van der Waals surface area (Å²) < 4.78 is 34.9. The van der Waals surface area contributed by atoms with Gasteiger partial charge in [0.15, 0.2) is 5.78 Å². The van der Waals surface area contributed by atoms with Crippen molar-refractivity contribution in [2.75, 3.05) is 7.11 Å². The number of esters is 1. The first kappa shape index (κ1) is 23.2. The van der Waals surface area contributed by atoms with Crippen molar-refractivity contribution in [2.24, 2.45) is 0 Å². The molecular formula is C23H30N2O5S. The number of hydrogen-bond acceptors (Lipinski definition) is 5. The Morgan fingerprint density at radius 2 is 1.74 bits per heavy atom. The van der Waals surface area contributed by atoms with Gasteiger partial charge in [0.25, 0.3) is 0 Å². The molecule has 0 aliphatic heterocycles. The first-order valence-electron chi connectivity index (χ1n) is 10.5. The molecule has 1 aromatic heterocycles. The van der Waals surface area contributed by atoms with Crippen molar-refractivity contribution in [1.29, 1.82) is 0 Å². The van der Waals surface area contributed by atoms with E-state index in [1.165, 1.54) is 11.4 Å². The highest BCUT2D eigenvalue weighted by Crippen LogP contribution is 2.36. The van der Waals surface area contributed by atoms with E-state index in [2.05, 4.69) is 0 Å². The summed E-state index contributed by atoms with van der Waals surface area (Å²) in [5.74, 6) is -0.824. The van der Waals surface area contributed by atoms with Gasteiger partial charge in [-0.2, -0.15) is 4.31 Å². The van der Waals surface area contributed by atoms with Crippen LogP contribution in [-0.4, -0.2) is 48.2 Å². The SMILES string of the molecule is CCn1c(C)c(C(=O)[C@H](C)N(C2CC2)S(=O)(=O)c2ccc(C)cc2)c(C)c1C(=O)OC. The van der Waals surface area contributed by atoms with Crippen LogP contribution < -0.4 is 0 Å². The molecule has 0 bridgehead atoms. The lowest BCUT2D eigenvalue weighted by Crippen LogP contribution is -2.45. The van der Waals surface area contributed by atoms with Crippen LogP contribution in [-0.2, 0) is 21.3 Å². The van der Waals surface area contributed by atoms with E-state index in [-0.39, 0.29) is 16.7 Å². The lowest BCUT2D eigenvalue weighted by atomic mass is 10.0. The molecule has 0 N–H and O–H groups in total. The lowest BCUT2D eigenvalue weighted by Gasteiger charge is -2.28. The second-order valence-corrected chi connectivity index (χ2v) is 9.93. The molecule has 1 aliphatic rings. The third-order valence-corrected chi connectivity index (χ3v) is 8.01. The fourth-order valence-electron chi connectivity index (χ4n) is 4.22. The van der Waals surface area contributed by atoms with Gasteiger partial charge in [-0.05, 0) is 65.2 Å². The molecule has 0 amide bonds. The molecule has 0 saturated heterocycles. The number of carbonyl (C=O) groups excluding carboxylic acids is 2. The van der Waals surface area contributed by atoms with Crippen molar-refractivity contribution >= 4 is 21.8 Å². The van der Waals surface area contributed by atoms with Gasteiger partial charge in [0.2, 0.25) is 10.0 Å². The van der Waals surface area contributed by atoms with Crippen LogP contribution in [0.15, 0.2) is 29.2 Å². The van der Waals surface area contributed by atoms with Crippen LogP contribution in [0.4, 0.5) is 0 Å². The van der Waals surface area contributed by atoms with Crippen LogP contribution >= 0.6 is 0 Å². The predicted octanol–water partition coefficient (Wildman–Crippen LogP) is 3.64. The second-order valence-electron chi connectivity index (χ2n) is 8.09. The summed E-state index contributed by atoms with van der Waals surface area (Å²) in [6, 6.07) is 5.58. The van der Waals surface area contributed by atoms with E-state index in [1.54, 1.807) is 49.6 Å². The minimum atomic E-state index is -3.85. The minimum Gasteiger partial charge on any atom is -0.464 e. The van der Waals surface area contributed by atoms with E-state index in [0.29, 0.717) is 29.1 Å². The van der Waals surface area contributed by atoms with Gasteiger partial charge in [-0.15, -0.1) is 0 Å². The molecule has 1 saturated carbocycles. The summed E-state index contributed by atoms with van der Waals surface area (Å²) >= 11 is 0. The molecule has 0 spiro atoms. The number of rotatable bonds is 8. The molecule has 7 nitrogen and oxygen atoms in total. The number of ketones is 1. The maximum atomic E-state index is 13.6. The molecule has 1 heterocycles. The topological polar surface area (TPSA) is 85.7 Å². The Kier molecular flexibility index (Phi) is 6.43. The summed E-state index contributed by atoms with van der Waals surface area (Å²) in [5, 5.41) is 0. The van der Waals surface area contributed by atoms with Crippen molar-refractivity contribution in [2.45, 2.75) is 71.0 Å². The van der Waals surface area contributed by atoms with E-state index >= 15 is 0 Å². The van der Waals surface area contributed by atoms with Crippen LogP contribution in [0, 0.1) is 20.8 Å². The number of sulfonamides is 1. The van der Waals surface area contributed by atoms with Gasteiger partial charge < -0.3 is 9.30 Å². The van der Waals surface area contributed by atoms with Gasteiger partial charge in [0.05, 0.1) is 18.0 Å². The third kappa shape index (κ3) is 4.06. The number of Topliss-reactive ketones (excluding diaryl/α,β-unsaturated/α-hetero) is 1. The fourth-order valence-corrected chi connectivity index (χ4v) is 6.06. The molecule has 1 aliphatic carbocycles. The van der Waals surface area contributed by atoms with Crippen molar-refractivity contribution in [1.82, 2.24) is 8.87 Å². The normalized spacial score (nSPS) is 15.2. The number of nitrogens with zero attached hydrogens (tertiary/aromatic N) is 2. The minimum absolute atomic E-state index is 0.180. The van der Waals surface area contributed by atoms with Gasteiger partial charge in [-0.1, -0.05) is 17.7 Å². The molecule has 168 valence electrons. The quantitative estimate of drug-likeness (QED) is 0.456. The van der Waals surface area contributed by atoms with Crippen molar-refractivity contribution < 1.29 is 22.7 Å². The number of methoxy groups -OCH3 is 1. The van der Waals surface area contributed by atoms with E-state index < -0.39 is 22.0 Å². The van der Waals surface area contributed by atoms with Crippen molar-refractivity contribution in [3.63, 3.8) is 0 Å². The zero-order valence-corrected chi connectivity index (χ0v) is 19.7. The van der Waals surface area contributed by atoms with Crippen LogP contribution in [0.3, 0.4) is 0 Å². The van der Waals surface area contributed by atoms with E-state index in [0.717, 1.165) is 18.4 Å². The number of aromatic nitrogens is 1. The monoisotopic (exact) mass is 446 g/mol. The fraction of sp³-hybridized carbons (Fsp3) is 0.478. The summed E-state index contributed by atoms with van der Waals surface area (Å²) in [4.78, 5) is 26.1. The first-order chi connectivity index (χ1) is 14.6. The lowest BCUT2D eigenvalue weighted by molar-refractivity contribution is 0.0587. The zero-order chi connectivity index (χ0) is 23.1. The average molecular weight is 447 g/mol. The molecule has 1 fully saturated rings. The molecule has 31 heavy (non-hydrogen) atoms. The van der Waals surface area contributed by atoms with Gasteiger partial charge >= 0.3 is 5.97 Å². The van der Waals surface area contributed by atoms with Crippen LogP contribution in [0.1, 0.15) is 64.4 Å². The Hall–Kier alpha value is -2.45. The van der Waals surface area contributed by atoms with Gasteiger partial charge in [-0.25, -0.2) is 13.2 Å². The predicted molar refractivity (Wildman–Crippen MR) is 118 cm³/mol. The van der Waals surface area contributed by atoms with Crippen LogP contribution in [0.2, 0.25) is 0 Å².